The predicted octanol–water partition coefficient (Wildman–Crippen LogP) is 3.58. The van der Waals surface area contributed by atoms with Crippen molar-refractivity contribution in [3.05, 3.63) is 89.9 Å². The molecule has 1 amide bonds. The van der Waals surface area contributed by atoms with Crippen LogP contribution in [0.1, 0.15) is 40.6 Å². The van der Waals surface area contributed by atoms with Crippen LogP contribution < -0.4 is 5.32 Å². The van der Waals surface area contributed by atoms with Crippen LogP contribution in [0.3, 0.4) is 0 Å². The molecule has 150 valence electrons. The van der Waals surface area contributed by atoms with Gasteiger partial charge in [-0.25, -0.2) is 8.42 Å². The van der Waals surface area contributed by atoms with Gasteiger partial charge in [0.25, 0.3) is 5.91 Å². The summed E-state index contributed by atoms with van der Waals surface area (Å²) in [5, 5.41) is 2.97. The van der Waals surface area contributed by atoms with Crippen molar-refractivity contribution in [2.45, 2.75) is 23.8 Å². The van der Waals surface area contributed by atoms with Gasteiger partial charge >= 0.3 is 0 Å². The van der Waals surface area contributed by atoms with Crippen LogP contribution in [0.15, 0.2) is 82.3 Å². The summed E-state index contributed by atoms with van der Waals surface area (Å²) >= 11 is 0. The number of carbonyl (C=O) groups excluding carboxylic acids is 1. The maximum absolute atomic E-state index is 12.8. The number of rotatable bonds is 6. The molecule has 29 heavy (non-hydrogen) atoms. The summed E-state index contributed by atoms with van der Waals surface area (Å²) in [5.74, 6) is 0.318. The summed E-state index contributed by atoms with van der Waals surface area (Å²) in [6.45, 7) is 1.10. The first-order chi connectivity index (χ1) is 14.1. The third-order valence-corrected chi connectivity index (χ3v) is 6.97. The number of amides is 1. The number of nitrogens with zero attached hydrogens (tertiary/aromatic N) is 1. The predicted molar refractivity (Wildman–Crippen MR) is 109 cm³/mol. The van der Waals surface area contributed by atoms with E-state index in [1.165, 1.54) is 16.4 Å². The van der Waals surface area contributed by atoms with Crippen LogP contribution in [-0.2, 0) is 10.0 Å². The Hall–Kier alpha value is -2.90. The van der Waals surface area contributed by atoms with E-state index >= 15 is 0 Å². The highest BCUT2D eigenvalue weighted by Crippen LogP contribution is 2.24. The van der Waals surface area contributed by atoms with Crippen LogP contribution in [0.5, 0.6) is 0 Å². The standard InChI is InChI=1S/C22H22N2O4S/c25-22(23-21(20-9-6-16-28-20)17-7-2-1-3-8-17)18-10-12-19(13-11-18)29(26,27)24-14-4-5-15-24/h1-3,6-13,16,21H,4-5,14-15H2,(H,23,25)/t21-/m1/s1. The Morgan fingerprint density at radius 2 is 1.62 bits per heavy atom. The second-order valence-electron chi connectivity index (χ2n) is 6.97. The van der Waals surface area contributed by atoms with E-state index < -0.39 is 16.1 Å². The minimum Gasteiger partial charge on any atom is -0.467 e. The minimum absolute atomic E-state index is 0.210. The molecule has 0 saturated carbocycles. The minimum atomic E-state index is -3.50. The van der Waals surface area contributed by atoms with Gasteiger partial charge in [-0.15, -0.1) is 0 Å². The fraction of sp³-hybridized carbons (Fsp3) is 0.227. The number of nitrogens with one attached hydrogen (secondary N) is 1. The van der Waals surface area contributed by atoms with E-state index in [1.54, 1.807) is 24.5 Å². The molecule has 7 heteroatoms. The number of furan rings is 1. The summed E-state index contributed by atoms with van der Waals surface area (Å²) in [4.78, 5) is 13.0. The molecular weight excluding hydrogens is 388 g/mol. The number of hydrogen-bond acceptors (Lipinski definition) is 4. The van der Waals surface area contributed by atoms with Crippen molar-refractivity contribution in [1.29, 1.82) is 0 Å². The van der Waals surface area contributed by atoms with E-state index in [9.17, 15) is 13.2 Å². The van der Waals surface area contributed by atoms with Crippen LogP contribution in [0.4, 0.5) is 0 Å². The first-order valence-corrected chi connectivity index (χ1v) is 11.0. The molecule has 0 spiro atoms. The van der Waals surface area contributed by atoms with Gasteiger partial charge in [0.15, 0.2) is 0 Å². The number of carbonyl (C=O) groups is 1. The Bertz CT molecular complexity index is 1060. The van der Waals surface area contributed by atoms with Crippen LogP contribution in [0.25, 0.3) is 0 Å². The van der Waals surface area contributed by atoms with Crippen molar-refractivity contribution in [3.63, 3.8) is 0 Å². The molecule has 1 fully saturated rings. The molecule has 1 aromatic heterocycles. The quantitative estimate of drug-likeness (QED) is 0.674. The molecular formula is C22H22N2O4S. The van der Waals surface area contributed by atoms with Gasteiger partial charge in [0.1, 0.15) is 11.8 Å². The molecule has 2 aromatic carbocycles. The maximum atomic E-state index is 12.8. The Kier molecular flexibility index (Phi) is 5.51. The molecule has 1 aliphatic heterocycles. The molecule has 1 aliphatic rings. The lowest BCUT2D eigenvalue weighted by atomic mass is 10.0. The molecule has 0 bridgehead atoms. The van der Waals surface area contributed by atoms with Crippen molar-refractivity contribution in [3.8, 4) is 0 Å². The second kappa shape index (κ2) is 8.23. The van der Waals surface area contributed by atoms with Gasteiger partial charge in [-0.05, 0) is 54.8 Å². The highest BCUT2D eigenvalue weighted by molar-refractivity contribution is 7.89. The number of sulfonamides is 1. The smallest absolute Gasteiger partial charge is 0.252 e. The lowest BCUT2D eigenvalue weighted by molar-refractivity contribution is 0.0939. The summed E-state index contributed by atoms with van der Waals surface area (Å²) < 4.78 is 32.3. The number of hydrogen-bond donors (Lipinski definition) is 1. The lowest BCUT2D eigenvalue weighted by Gasteiger charge is -2.18. The zero-order valence-corrected chi connectivity index (χ0v) is 16.6. The van der Waals surface area contributed by atoms with Gasteiger partial charge in [-0.2, -0.15) is 4.31 Å². The van der Waals surface area contributed by atoms with Crippen LogP contribution in [0.2, 0.25) is 0 Å². The molecule has 1 N–H and O–H groups in total. The summed E-state index contributed by atoms with van der Waals surface area (Å²) in [5.41, 5.74) is 1.28. The average Bonchev–Trinajstić information content (AvgIpc) is 3.47. The zero-order valence-electron chi connectivity index (χ0n) is 15.8. The fourth-order valence-electron chi connectivity index (χ4n) is 3.49. The number of benzene rings is 2. The SMILES string of the molecule is O=C(N[C@H](c1ccccc1)c1ccco1)c1ccc(S(=O)(=O)N2CCCC2)cc1. The van der Waals surface area contributed by atoms with E-state index in [-0.39, 0.29) is 10.8 Å². The monoisotopic (exact) mass is 410 g/mol. The van der Waals surface area contributed by atoms with Gasteiger partial charge in [0, 0.05) is 18.7 Å². The summed E-state index contributed by atoms with van der Waals surface area (Å²) in [7, 11) is -3.50. The maximum Gasteiger partial charge on any atom is 0.252 e. The topological polar surface area (TPSA) is 79.6 Å². The molecule has 0 aliphatic carbocycles. The third-order valence-electron chi connectivity index (χ3n) is 5.06. The van der Waals surface area contributed by atoms with Crippen molar-refractivity contribution in [2.24, 2.45) is 0 Å². The Morgan fingerprint density at radius 1 is 0.931 bits per heavy atom. The summed E-state index contributed by atoms with van der Waals surface area (Å²) in [6, 6.07) is 18.8. The van der Waals surface area contributed by atoms with Crippen molar-refractivity contribution in [2.75, 3.05) is 13.1 Å². The van der Waals surface area contributed by atoms with Crippen molar-refractivity contribution in [1.82, 2.24) is 9.62 Å². The average molecular weight is 410 g/mol. The lowest BCUT2D eigenvalue weighted by Crippen LogP contribution is -2.29. The largest absolute Gasteiger partial charge is 0.467 e. The molecule has 1 saturated heterocycles. The van der Waals surface area contributed by atoms with Gasteiger partial charge in [0.05, 0.1) is 11.2 Å². The summed E-state index contributed by atoms with van der Waals surface area (Å²) in [6.07, 6.45) is 3.33. The fourth-order valence-corrected chi connectivity index (χ4v) is 5.01. The molecule has 3 aromatic rings. The van der Waals surface area contributed by atoms with Crippen LogP contribution >= 0.6 is 0 Å². The van der Waals surface area contributed by atoms with Crippen LogP contribution in [0, 0.1) is 0 Å². The molecule has 6 nitrogen and oxygen atoms in total. The Labute approximate surface area is 170 Å². The van der Waals surface area contributed by atoms with E-state index in [4.69, 9.17) is 4.42 Å². The first-order valence-electron chi connectivity index (χ1n) is 9.55. The molecule has 4 rings (SSSR count). The van der Waals surface area contributed by atoms with Gasteiger partial charge in [-0.1, -0.05) is 30.3 Å². The second-order valence-corrected chi connectivity index (χ2v) is 8.91. The van der Waals surface area contributed by atoms with Crippen molar-refractivity contribution < 1.29 is 17.6 Å². The zero-order chi connectivity index (χ0) is 20.3. The highest BCUT2D eigenvalue weighted by Gasteiger charge is 2.27. The Morgan fingerprint density at radius 3 is 2.24 bits per heavy atom. The molecule has 0 radical (unpaired) electrons. The van der Waals surface area contributed by atoms with Crippen LogP contribution in [-0.4, -0.2) is 31.7 Å². The molecule has 1 atom stereocenters. The van der Waals surface area contributed by atoms with Gasteiger partial charge in [0.2, 0.25) is 10.0 Å². The molecule has 0 unspecified atom stereocenters. The Balaban J connectivity index is 1.54. The molecule has 2 heterocycles. The normalized spacial score (nSPS) is 15.9. The first kappa shape index (κ1) is 19.4. The highest BCUT2D eigenvalue weighted by atomic mass is 32.2. The van der Waals surface area contributed by atoms with Crippen molar-refractivity contribution >= 4 is 15.9 Å². The van der Waals surface area contributed by atoms with Gasteiger partial charge in [-0.3, -0.25) is 4.79 Å². The van der Waals surface area contributed by atoms with Gasteiger partial charge < -0.3 is 9.73 Å². The van der Waals surface area contributed by atoms with E-state index in [0.717, 1.165) is 18.4 Å². The van der Waals surface area contributed by atoms with E-state index in [0.29, 0.717) is 24.4 Å². The van der Waals surface area contributed by atoms with E-state index in [2.05, 4.69) is 5.32 Å². The third kappa shape index (κ3) is 4.11. The van der Waals surface area contributed by atoms with E-state index in [1.807, 2.05) is 36.4 Å².